The van der Waals surface area contributed by atoms with E-state index < -0.39 is 0 Å². The van der Waals surface area contributed by atoms with Gasteiger partial charge in [0.15, 0.2) is 0 Å². The van der Waals surface area contributed by atoms with Crippen molar-refractivity contribution in [3.05, 3.63) is 54.1 Å². The molecule has 1 N–H and O–H groups in total. The molecule has 0 bridgehead atoms. The van der Waals surface area contributed by atoms with Crippen LogP contribution in [0.5, 0.6) is 0 Å². The number of amides is 1. The largest absolute Gasteiger partial charge is 0.355 e. The van der Waals surface area contributed by atoms with E-state index >= 15 is 0 Å². The predicted octanol–water partition coefficient (Wildman–Crippen LogP) is 3.54. The second-order valence-corrected chi connectivity index (χ2v) is 5.73. The summed E-state index contributed by atoms with van der Waals surface area (Å²) in [5.41, 5.74) is 4.12. The predicted molar refractivity (Wildman–Crippen MR) is 93.2 cm³/mol. The molecule has 1 amide bonds. The van der Waals surface area contributed by atoms with Crippen molar-refractivity contribution in [1.82, 2.24) is 14.9 Å². The van der Waals surface area contributed by atoms with Gasteiger partial charge in [0.05, 0.1) is 11.0 Å². The normalized spacial score (nSPS) is 10.9. The van der Waals surface area contributed by atoms with E-state index in [2.05, 4.69) is 36.5 Å². The van der Waals surface area contributed by atoms with Gasteiger partial charge in [-0.25, -0.2) is 4.98 Å². The Bertz CT molecular complexity index is 818. The van der Waals surface area contributed by atoms with E-state index in [-0.39, 0.29) is 12.5 Å². The summed E-state index contributed by atoms with van der Waals surface area (Å²) >= 11 is 0. The number of hydrogen-bond donors (Lipinski definition) is 1. The molecule has 0 aliphatic carbocycles. The van der Waals surface area contributed by atoms with Gasteiger partial charge >= 0.3 is 0 Å². The standard InChI is InChI=1S/C19H21N3O/c1-3-12-20-18(23)13-22-17-7-5-4-6-16(17)21-19(22)15-10-8-14(2)9-11-15/h4-11H,3,12-13H2,1-2H3,(H,20,23). The molecule has 4 heteroatoms. The van der Waals surface area contributed by atoms with Crippen molar-refractivity contribution in [1.29, 1.82) is 0 Å². The summed E-state index contributed by atoms with van der Waals surface area (Å²) in [4.78, 5) is 16.9. The molecule has 3 rings (SSSR count). The Kier molecular flexibility index (Phi) is 4.42. The Labute approximate surface area is 136 Å². The molecule has 0 saturated heterocycles. The fourth-order valence-electron chi connectivity index (χ4n) is 2.62. The number of carbonyl (C=O) groups excluding carboxylic acids is 1. The zero-order valence-electron chi connectivity index (χ0n) is 13.5. The number of rotatable bonds is 5. The highest BCUT2D eigenvalue weighted by atomic mass is 16.1. The first kappa shape index (κ1) is 15.3. The van der Waals surface area contributed by atoms with Gasteiger partial charge in [-0.15, -0.1) is 0 Å². The fraction of sp³-hybridized carbons (Fsp3) is 0.263. The van der Waals surface area contributed by atoms with Crippen molar-refractivity contribution in [2.75, 3.05) is 6.54 Å². The Hall–Kier alpha value is -2.62. The van der Waals surface area contributed by atoms with E-state index in [0.29, 0.717) is 6.54 Å². The van der Waals surface area contributed by atoms with Crippen LogP contribution in [0.1, 0.15) is 18.9 Å². The van der Waals surface area contributed by atoms with Crippen LogP contribution in [0.25, 0.3) is 22.4 Å². The summed E-state index contributed by atoms with van der Waals surface area (Å²) in [7, 11) is 0. The Morgan fingerprint density at radius 1 is 1.13 bits per heavy atom. The van der Waals surface area contributed by atoms with Crippen molar-refractivity contribution in [3.8, 4) is 11.4 Å². The van der Waals surface area contributed by atoms with E-state index in [1.54, 1.807) is 0 Å². The SMILES string of the molecule is CCCNC(=O)Cn1c(-c2ccc(C)cc2)nc2ccccc21. The van der Waals surface area contributed by atoms with E-state index in [9.17, 15) is 4.79 Å². The van der Waals surface area contributed by atoms with Crippen molar-refractivity contribution in [3.63, 3.8) is 0 Å². The summed E-state index contributed by atoms with van der Waals surface area (Å²) in [5, 5.41) is 2.94. The van der Waals surface area contributed by atoms with Gasteiger partial charge in [-0.1, -0.05) is 48.9 Å². The van der Waals surface area contributed by atoms with Crippen LogP contribution in [0.2, 0.25) is 0 Å². The lowest BCUT2D eigenvalue weighted by atomic mass is 10.1. The van der Waals surface area contributed by atoms with Gasteiger partial charge < -0.3 is 9.88 Å². The van der Waals surface area contributed by atoms with Crippen LogP contribution in [-0.2, 0) is 11.3 Å². The third-order valence-electron chi connectivity index (χ3n) is 3.84. The molecule has 0 spiro atoms. The first-order chi connectivity index (χ1) is 11.2. The maximum atomic E-state index is 12.2. The summed E-state index contributed by atoms with van der Waals surface area (Å²) in [6.45, 7) is 5.09. The minimum atomic E-state index is 0.0170. The minimum Gasteiger partial charge on any atom is -0.355 e. The van der Waals surface area contributed by atoms with Crippen molar-refractivity contribution in [2.45, 2.75) is 26.8 Å². The van der Waals surface area contributed by atoms with Crippen LogP contribution in [0.4, 0.5) is 0 Å². The van der Waals surface area contributed by atoms with Crippen molar-refractivity contribution in [2.24, 2.45) is 0 Å². The van der Waals surface area contributed by atoms with E-state index in [1.807, 2.05) is 35.8 Å². The van der Waals surface area contributed by atoms with Crippen LogP contribution >= 0.6 is 0 Å². The van der Waals surface area contributed by atoms with Gasteiger partial charge in [0, 0.05) is 12.1 Å². The molecule has 0 atom stereocenters. The molecule has 23 heavy (non-hydrogen) atoms. The first-order valence-electron chi connectivity index (χ1n) is 7.98. The molecule has 0 radical (unpaired) electrons. The second-order valence-electron chi connectivity index (χ2n) is 5.73. The zero-order valence-corrected chi connectivity index (χ0v) is 13.5. The van der Waals surface area contributed by atoms with E-state index in [0.717, 1.165) is 28.8 Å². The molecule has 3 aromatic rings. The van der Waals surface area contributed by atoms with Gasteiger partial charge in [-0.2, -0.15) is 0 Å². The van der Waals surface area contributed by atoms with Gasteiger partial charge in [0.1, 0.15) is 12.4 Å². The van der Waals surface area contributed by atoms with Gasteiger partial charge in [-0.3, -0.25) is 4.79 Å². The maximum Gasteiger partial charge on any atom is 0.240 e. The number of aromatic nitrogens is 2. The molecule has 0 fully saturated rings. The summed E-state index contributed by atoms with van der Waals surface area (Å²) in [5.74, 6) is 0.848. The first-order valence-corrected chi connectivity index (χ1v) is 7.98. The number of nitrogens with zero attached hydrogens (tertiary/aromatic N) is 2. The smallest absolute Gasteiger partial charge is 0.240 e. The number of aryl methyl sites for hydroxylation is 1. The van der Waals surface area contributed by atoms with E-state index in [1.165, 1.54) is 5.56 Å². The lowest BCUT2D eigenvalue weighted by Gasteiger charge is -2.10. The molecule has 0 saturated carbocycles. The third-order valence-corrected chi connectivity index (χ3v) is 3.84. The molecule has 0 unspecified atom stereocenters. The summed E-state index contributed by atoms with van der Waals surface area (Å²) < 4.78 is 1.99. The average molecular weight is 307 g/mol. The molecule has 0 aliphatic rings. The molecule has 2 aromatic carbocycles. The second kappa shape index (κ2) is 6.65. The molecular formula is C19H21N3O. The van der Waals surface area contributed by atoms with Crippen LogP contribution in [0.15, 0.2) is 48.5 Å². The number of benzene rings is 2. The monoisotopic (exact) mass is 307 g/mol. The van der Waals surface area contributed by atoms with Crippen LogP contribution < -0.4 is 5.32 Å². The lowest BCUT2D eigenvalue weighted by Crippen LogP contribution is -2.28. The highest BCUT2D eigenvalue weighted by molar-refractivity contribution is 5.84. The maximum absolute atomic E-state index is 12.2. The molecule has 4 nitrogen and oxygen atoms in total. The quantitative estimate of drug-likeness (QED) is 0.783. The Morgan fingerprint density at radius 2 is 1.87 bits per heavy atom. The molecular weight excluding hydrogens is 286 g/mol. The Morgan fingerprint density at radius 3 is 2.61 bits per heavy atom. The number of imidazole rings is 1. The summed E-state index contributed by atoms with van der Waals surface area (Å²) in [6.07, 6.45) is 0.932. The molecule has 0 aliphatic heterocycles. The zero-order chi connectivity index (χ0) is 16.2. The Balaban J connectivity index is 2.04. The third kappa shape index (κ3) is 3.26. The number of para-hydroxylation sites is 2. The number of fused-ring (bicyclic) bond motifs is 1. The topological polar surface area (TPSA) is 46.9 Å². The van der Waals surface area contributed by atoms with Crippen molar-refractivity contribution < 1.29 is 4.79 Å². The van der Waals surface area contributed by atoms with Gasteiger partial charge in [0.2, 0.25) is 5.91 Å². The van der Waals surface area contributed by atoms with Gasteiger partial charge in [0.25, 0.3) is 0 Å². The lowest BCUT2D eigenvalue weighted by molar-refractivity contribution is -0.121. The van der Waals surface area contributed by atoms with Crippen LogP contribution in [-0.4, -0.2) is 22.0 Å². The van der Waals surface area contributed by atoms with Crippen molar-refractivity contribution >= 4 is 16.9 Å². The number of nitrogens with one attached hydrogen (secondary N) is 1. The number of hydrogen-bond acceptors (Lipinski definition) is 2. The highest BCUT2D eigenvalue weighted by Crippen LogP contribution is 2.25. The summed E-state index contributed by atoms with van der Waals surface area (Å²) in [6, 6.07) is 16.2. The highest BCUT2D eigenvalue weighted by Gasteiger charge is 2.14. The van der Waals surface area contributed by atoms with Gasteiger partial charge in [-0.05, 0) is 25.5 Å². The molecule has 118 valence electrons. The van der Waals surface area contributed by atoms with Crippen LogP contribution in [0, 0.1) is 6.92 Å². The fourth-order valence-corrected chi connectivity index (χ4v) is 2.62. The van der Waals surface area contributed by atoms with E-state index in [4.69, 9.17) is 4.98 Å². The molecule has 1 heterocycles. The average Bonchev–Trinajstić information content (AvgIpc) is 2.92. The minimum absolute atomic E-state index is 0.0170. The number of carbonyl (C=O) groups is 1. The molecule has 1 aromatic heterocycles. The van der Waals surface area contributed by atoms with Crippen LogP contribution in [0.3, 0.4) is 0 Å².